The van der Waals surface area contributed by atoms with Gasteiger partial charge in [-0.2, -0.15) is 0 Å². The molecular weight excluding hydrogens is 356 g/mol. The summed E-state index contributed by atoms with van der Waals surface area (Å²) in [5, 5.41) is 26.0. The van der Waals surface area contributed by atoms with Crippen molar-refractivity contribution in [1.82, 2.24) is 20.7 Å². The molecule has 136 valence electrons. The smallest absolute Gasteiger partial charge is 0.290 e. The lowest BCUT2D eigenvalue weighted by Crippen LogP contribution is -2.44. The molecule has 9 heteroatoms. The molecule has 0 spiro atoms. The molecule has 0 radical (unpaired) electrons. The Balaban J connectivity index is 1.26. The SMILES string of the molecule is C[C@@H](O)c1nnc(C[C@H]2C[C@@H](NC(=O)c3cc(-c4cccs4)no3)C2)o1. The fourth-order valence-electron chi connectivity index (χ4n) is 2.96. The zero-order chi connectivity index (χ0) is 18.1. The molecule has 0 saturated heterocycles. The second kappa shape index (κ2) is 7.00. The molecule has 1 amide bonds. The Morgan fingerprint density at radius 3 is 3.00 bits per heavy atom. The Morgan fingerprint density at radius 2 is 2.31 bits per heavy atom. The third-order valence-electron chi connectivity index (χ3n) is 4.38. The van der Waals surface area contributed by atoms with Gasteiger partial charge in [-0.1, -0.05) is 11.2 Å². The zero-order valence-electron chi connectivity index (χ0n) is 14.1. The second-order valence-corrected chi connectivity index (χ2v) is 7.42. The summed E-state index contributed by atoms with van der Waals surface area (Å²) in [5.41, 5.74) is 0.668. The lowest BCUT2D eigenvalue weighted by atomic mass is 9.78. The van der Waals surface area contributed by atoms with Gasteiger partial charge in [0.2, 0.25) is 17.5 Å². The standard InChI is InChI=1S/C17H18N4O4S/c1-9(22)17-20-19-15(24-17)7-10-5-11(6-10)18-16(23)13-8-12(21-25-13)14-3-2-4-26-14/h2-4,8-11,22H,5-7H2,1H3,(H,18,23)/t9-,10-,11+/m1/s1. The van der Waals surface area contributed by atoms with Crippen LogP contribution < -0.4 is 5.32 Å². The molecular formula is C17H18N4O4S. The summed E-state index contributed by atoms with van der Waals surface area (Å²) in [4.78, 5) is 13.2. The number of carbonyl (C=O) groups excluding carboxylic acids is 1. The Kier molecular flexibility index (Phi) is 4.56. The lowest BCUT2D eigenvalue weighted by molar-refractivity contribution is 0.0848. The second-order valence-electron chi connectivity index (χ2n) is 6.48. The average molecular weight is 374 g/mol. The van der Waals surface area contributed by atoms with Crippen molar-refractivity contribution in [2.75, 3.05) is 0 Å². The number of hydrogen-bond acceptors (Lipinski definition) is 8. The monoisotopic (exact) mass is 374 g/mol. The maximum Gasteiger partial charge on any atom is 0.290 e. The van der Waals surface area contributed by atoms with Gasteiger partial charge in [0.25, 0.3) is 5.91 Å². The molecule has 0 unspecified atom stereocenters. The molecule has 1 saturated carbocycles. The maximum atomic E-state index is 12.3. The van der Waals surface area contributed by atoms with Crippen molar-refractivity contribution in [2.45, 2.75) is 38.3 Å². The third kappa shape index (κ3) is 3.54. The third-order valence-corrected chi connectivity index (χ3v) is 5.27. The summed E-state index contributed by atoms with van der Waals surface area (Å²) in [5.74, 6) is 1.09. The Hall–Kier alpha value is -2.52. The van der Waals surface area contributed by atoms with Crippen LogP contribution >= 0.6 is 11.3 Å². The topological polar surface area (TPSA) is 114 Å². The van der Waals surface area contributed by atoms with Crippen LogP contribution in [0, 0.1) is 5.92 Å². The first-order valence-corrected chi connectivity index (χ1v) is 9.28. The van der Waals surface area contributed by atoms with Gasteiger partial charge in [0.1, 0.15) is 11.8 Å². The van der Waals surface area contributed by atoms with E-state index in [2.05, 4.69) is 20.7 Å². The highest BCUT2D eigenvalue weighted by Gasteiger charge is 2.32. The first-order chi connectivity index (χ1) is 12.6. The van der Waals surface area contributed by atoms with Crippen LogP contribution in [0.2, 0.25) is 0 Å². The van der Waals surface area contributed by atoms with Gasteiger partial charge in [-0.25, -0.2) is 0 Å². The number of aliphatic hydroxyl groups is 1. The number of nitrogens with one attached hydrogen (secondary N) is 1. The number of carbonyl (C=O) groups is 1. The summed E-state index contributed by atoms with van der Waals surface area (Å²) in [7, 11) is 0. The van der Waals surface area contributed by atoms with Gasteiger partial charge in [0.15, 0.2) is 0 Å². The van der Waals surface area contributed by atoms with E-state index in [4.69, 9.17) is 8.94 Å². The van der Waals surface area contributed by atoms with E-state index in [-0.39, 0.29) is 23.6 Å². The summed E-state index contributed by atoms with van der Waals surface area (Å²) in [6.45, 7) is 1.58. The van der Waals surface area contributed by atoms with Crippen molar-refractivity contribution >= 4 is 17.2 Å². The molecule has 26 heavy (non-hydrogen) atoms. The van der Waals surface area contributed by atoms with Gasteiger partial charge in [0.05, 0.1) is 4.88 Å². The van der Waals surface area contributed by atoms with Gasteiger partial charge in [-0.05, 0) is 37.1 Å². The maximum absolute atomic E-state index is 12.3. The van der Waals surface area contributed by atoms with Gasteiger partial charge in [-0.3, -0.25) is 4.79 Å². The summed E-state index contributed by atoms with van der Waals surface area (Å²) < 4.78 is 10.5. The van der Waals surface area contributed by atoms with Crippen LogP contribution in [-0.4, -0.2) is 32.4 Å². The van der Waals surface area contributed by atoms with Crippen LogP contribution in [0.5, 0.6) is 0 Å². The molecule has 3 aromatic rings. The molecule has 3 aromatic heterocycles. The van der Waals surface area contributed by atoms with Crippen LogP contribution in [0.3, 0.4) is 0 Å². The summed E-state index contributed by atoms with van der Waals surface area (Å²) in [6.07, 6.45) is 1.57. The largest absolute Gasteiger partial charge is 0.422 e. The molecule has 0 aromatic carbocycles. The Labute approximate surface area is 153 Å². The fourth-order valence-corrected chi connectivity index (χ4v) is 3.64. The van der Waals surface area contributed by atoms with Crippen molar-refractivity contribution in [3.05, 3.63) is 41.1 Å². The van der Waals surface area contributed by atoms with Gasteiger partial charge >= 0.3 is 0 Å². The molecule has 1 atom stereocenters. The highest BCUT2D eigenvalue weighted by molar-refractivity contribution is 7.13. The first-order valence-electron chi connectivity index (χ1n) is 8.40. The predicted octanol–water partition coefficient (Wildman–Crippen LogP) is 2.59. The average Bonchev–Trinajstić information content (AvgIpc) is 3.32. The van der Waals surface area contributed by atoms with E-state index in [1.807, 2.05) is 17.5 Å². The molecule has 1 aliphatic carbocycles. The van der Waals surface area contributed by atoms with E-state index in [0.29, 0.717) is 23.9 Å². The molecule has 4 rings (SSSR count). The van der Waals surface area contributed by atoms with Crippen LogP contribution in [0.15, 0.2) is 32.5 Å². The van der Waals surface area contributed by atoms with Gasteiger partial charge in [0, 0.05) is 18.5 Å². The number of rotatable bonds is 6. The first kappa shape index (κ1) is 16.9. The zero-order valence-corrected chi connectivity index (χ0v) is 14.9. The summed E-state index contributed by atoms with van der Waals surface area (Å²) in [6, 6.07) is 5.62. The Bertz CT molecular complexity index is 880. The quantitative estimate of drug-likeness (QED) is 0.681. The van der Waals surface area contributed by atoms with Gasteiger partial charge < -0.3 is 19.4 Å². The predicted molar refractivity (Wildman–Crippen MR) is 92.4 cm³/mol. The molecule has 0 bridgehead atoms. The van der Waals surface area contributed by atoms with E-state index in [1.165, 1.54) is 0 Å². The van der Waals surface area contributed by atoms with Gasteiger partial charge in [-0.15, -0.1) is 21.5 Å². The van der Waals surface area contributed by atoms with Crippen LogP contribution in [0.1, 0.15) is 48.2 Å². The number of thiophene rings is 1. The van der Waals surface area contributed by atoms with Crippen molar-refractivity contribution < 1.29 is 18.8 Å². The number of amides is 1. The molecule has 8 nitrogen and oxygen atoms in total. The Morgan fingerprint density at radius 1 is 1.46 bits per heavy atom. The van der Waals surface area contributed by atoms with Crippen molar-refractivity contribution in [2.24, 2.45) is 5.92 Å². The van der Waals surface area contributed by atoms with E-state index in [0.717, 1.165) is 17.7 Å². The number of aliphatic hydroxyl groups excluding tert-OH is 1. The fraction of sp³-hybridized carbons (Fsp3) is 0.412. The lowest BCUT2D eigenvalue weighted by Gasteiger charge is -2.34. The van der Waals surface area contributed by atoms with E-state index in [9.17, 15) is 9.90 Å². The van der Waals surface area contributed by atoms with Crippen LogP contribution in [0.4, 0.5) is 0 Å². The van der Waals surface area contributed by atoms with Crippen LogP contribution in [0.25, 0.3) is 10.6 Å². The molecule has 1 aliphatic rings. The van der Waals surface area contributed by atoms with E-state index >= 15 is 0 Å². The number of hydrogen-bond donors (Lipinski definition) is 2. The molecule has 1 fully saturated rings. The summed E-state index contributed by atoms with van der Waals surface area (Å²) >= 11 is 1.55. The normalized spacial score (nSPS) is 20.5. The minimum atomic E-state index is -0.759. The minimum Gasteiger partial charge on any atom is -0.422 e. The van der Waals surface area contributed by atoms with Crippen molar-refractivity contribution in [1.29, 1.82) is 0 Å². The molecule has 3 heterocycles. The van der Waals surface area contributed by atoms with Crippen LogP contribution in [-0.2, 0) is 6.42 Å². The van der Waals surface area contributed by atoms with Crippen molar-refractivity contribution in [3.8, 4) is 10.6 Å². The molecule has 0 aliphatic heterocycles. The van der Waals surface area contributed by atoms with E-state index < -0.39 is 6.10 Å². The number of aromatic nitrogens is 3. The van der Waals surface area contributed by atoms with Crippen molar-refractivity contribution in [3.63, 3.8) is 0 Å². The minimum absolute atomic E-state index is 0.0990. The highest BCUT2D eigenvalue weighted by atomic mass is 32.1. The molecule has 2 N–H and O–H groups in total. The van der Waals surface area contributed by atoms with E-state index in [1.54, 1.807) is 24.3 Å². The number of nitrogens with zero attached hydrogens (tertiary/aromatic N) is 3. The highest BCUT2D eigenvalue weighted by Crippen LogP contribution is 2.31.